The van der Waals surface area contributed by atoms with Gasteiger partial charge in [0, 0.05) is 17.2 Å². The van der Waals surface area contributed by atoms with Crippen molar-refractivity contribution in [1.82, 2.24) is 10.3 Å². The Morgan fingerprint density at radius 3 is 2.77 bits per heavy atom. The molecule has 1 aromatic heterocycles. The Morgan fingerprint density at radius 1 is 1.37 bits per heavy atom. The summed E-state index contributed by atoms with van der Waals surface area (Å²) in [6.07, 6.45) is 3.38. The fourth-order valence-electron chi connectivity index (χ4n) is 2.99. The van der Waals surface area contributed by atoms with E-state index in [4.69, 9.17) is 37.8 Å². The zero-order valence-corrected chi connectivity index (χ0v) is 16.6. The highest BCUT2D eigenvalue weighted by Gasteiger charge is 2.31. The van der Waals surface area contributed by atoms with Gasteiger partial charge in [-0.25, -0.2) is 9.98 Å². The van der Waals surface area contributed by atoms with Crippen molar-refractivity contribution in [1.29, 1.82) is 10.5 Å². The molecule has 0 bridgehead atoms. The van der Waals surface area contributed by atoms with Crippen LogP contribution in [0.3, 0.4) is 0 Å². The Bertz CT molecular complexity index is 1130. The lowest BCUT2D eigenvalue weighted by molar-refractivity contribution is 0.326. The molecule has 2 heterocycles. The molecule has 0 aliphatic carbocycles. The molecule has 3 rings (SSSR count). The van der Waals surface area contributed by atoms with Crippen LogP contribution in [-0.4, -0.2) is 24.7 Å². The third kappa shape index (κ3) is 3.60. The van der Waals surface area contributed by atoms with Gasteiger partial charge in [0.2, 0.25) is 5.96 Å². The van der Waals surface area contributed by atoms with Crippen LogP contribution in [0, 0.1) is 22.8 Å². The molecule has 1 atom stereocenters. The number of rotatable bonds is 5. The van der Waals surface area contributed by atoms with Crippen LogP contribution in [0.5, 0.6) is 11.5 Å². The zero-order valence-electron chi connectivity index (χ0n) is 15.9. The van der Waals surface area contributed by atoms with Gasteiger partial charge >= 0.3 is 0 Å². The van der Waals surface area contributed by atoms with Gasteiger partial charge in [0.05, 0.1) is 17.8 Å². The number of nitrogens with one attached hydrogen (secondary N) is 2. The monoisotopic (exact) mass is 424 g/mol. The third-order valence-corrected chi connectivity index (χ3v) is 4.62. The highest BCUT2D eigenvalue weighted by molar-refractivity contribution is 6.31. The molecule has 0 saturated heterocycles. The topological polar surface area (TPSA) is 167 Å². The first-order chi connectivity index (χ1) is 14.4. The van der Waals surface area contributed by atoms with E-state index in [-0.39, 0.29) is 35.5 Å². The summed E-state index contributed by atoms with van der Waals surface area (Å²) >= 11 is 6.53. The van der Waals surface area contributed by atoms with Crippen LogP contribution in [0.2, 0.25) is 5.02 Å². The van der Waals surface area contributed by atoms with Crippen LogP contribution in [0.1, 0.15) is 22.7 Å². The van der Waals surface area contributed by atoms with Crippen molar-refractivity contribution in [2.75, 3.05) is 30.5 Å². The van der Waals surface area contributed by atoms with E-state index < -0.39 is 6.04 Å². The van der Waals surface area contributed by atoms with Crippen LogP contribution in [0.4, 0.5) is 17.3 Å². The average Bonchev–Trinajstić information content (AvgIpc) is 2.72. The van der Waals surface area contributed by atoms with E-state index in [0.717, 1.165) is 0 Å². The number of nitriles is 2. The Kier molecular flexibility index (Phi) is 5.81. The molecule has 0 spiro atoms. The fourth-order valence-corrected chi connectivity index (χ4v) is 3.24. The first-order valence-corrected chi connectivity index (χ1v) is 8.92. The van der Waals surface area contributed by atoms with Crippen molar-refractivity contribution >= 4 is 34.9 Å². The van der Waals surface area contributed by atoms with Crippen molar-refractivity contribution in [2.45, 2.75) is 6.04 Å². The summed E-state index contributed by atoms with van der Waals surface area (Å²) in [7, 11) is 1.49. The molecule has 1 aliphatic heterocycles. The summed E-state index contributed by atoms with van der Waals surface area (Å²) in [5.74, 6) is 1.15. The van der Waals surface area contributed by atoms with E-state index in [0.29, 0.717) is 27.6 Å². The minimum atomic E-state index is -0.799. The minimum Gasteiger partial charge on any atom is -0.493 e. The van der Waals surface area contributed by atoms with Gasteiger partial charge in [0.15, 0.2) is 17.7 Å². The number of aromatic nitrogens is 1. The number of anilines is 3. The van der Waals surface area contributed by atoms with Crippen molar-refractivity contribution < 1.29 is 9.47 Å². The fraction of sp³-hybridized carbons (Fsp3) is 0.158. The maximum atomic E-state index is 9.42. The summed E-state index contributed by atoms with van der Waals surface area (Å²) in [4.78, 5) is 8.69. The Hall–Kier alpha value is -4.15. The van der Waals surface area contributed by atoms with Crippen molar-refractivity contribution in [2.24, 2.45) is 4.99 Å². The second-order valence-electron chi connectivity index (χ2n) is 6.03. The van der Waals surface area contributed by atoms with E-state index in [9.17, 15) is 5.26 Å². The molecule has 0 fully saturated rings. The maximum Gasteiger partial charge on any atom is 0.211 e. The molecule has 10 nitrogen and oxygen atoms in total. The second-order valence-corrected chi connectivity index (χ2v) is 6.43. The number of pyridine rings is 1. The Balaban J connectivity index is 2.24. The molecule has 0 amide bonds. The SMILES string of the molecule is C=CCOc1cc(Cl)c(C2N=C(NC#N)Nc3nc(N)c(C#N)c(N)c32)cc1OC. The van der Waals surface area contributed by atoms with Crippen LogP contribution >= 0.6 is 11.6 Å². The molecule has 1 aromatic carbocycles. The predicted molar refractivity (Wildman–Crippen MR) is 113 cm³/mol. The largest absolute Gasteiger partial charge is 0.493 e. The summed E-state index contributed by atoms with van der Waals surface area (Å²) in [5.41, 5.74) is 13.1. The van der Waals surface area contributed by atoms with Gasteiger partial charge < -0.3 is 26.3 Å². The molecule has 1 unspecified atom stereocenters. The quantitative estimate of drug-likeness (QED) is 0.319. The lowest BCUT2D eigenvalue weighted by Crippen LogP contribution is -2.32. The molecular weight excluding hydrogens is 408 g/mol. The van der Waals surface area contributed by atoms with E-state index in [1.165, 1.54) is 7.11 Å². The third-order valence-electron chi connectivity index (χ3n) is 4.29. The first kappa shape index (κ1) is 20.6. The number of benzene rings is 1. The number of methoxy groups -OCH3 is 1. The molecule has 152 valence electrons. The standard InChI is InChI=1S/C19H17ClN8O2/c1-3-4-30-13-6-11(20)9(5-12(13)29-2)16-14-15(23)10(7-21)17(24)27-18(14)28-19(26-16)25-8-22/h3,5-6,16H,1,4H2,2H3,(H6,23,24,25,26,27,28). The molecule has 11 heteroatoms. The number of aliphatic imine (C=N–C) groups is 1. The van der Waals surface area contributed by atoms with Crippen LogP contribution in [0.25, 0.3) is 0 Å². The van der Waals surface area contributed by atoms with Gasteiger partial charge in [0.25, 0.3) is 0 Å². The van der Waals surface area contributed by atoms with E-state index in [1.54, 1.807) is 24.4 Å². The molecular formula is C19H17ClN8O2. The van der Waals surface area contributed by atoms with Crippen LogP contribution < -0.4 is 31.6 Å². The maximum absolute atomic E-state index is 9.42. The summed E-state index contributed by atoms with van der Waals surface area (Å²) in [6, 6.07) is 4.38. The summed E-state index contributed by atoms with van der Waals surface area (Å²) < 4.78 is 11.0. The van der Waals surface area contributed by atoms with Crippen molar-refractivity contribution in [3.05, 3.63) is 46.5 Å². The number of guanidine groups is 1. The Morgan fingerprint density at radius 2 is 2.13 bits per heavy atom. The number of nitrogens with two attached hydrogens (primary N) is 2. The average molecular weight is 425 g/mol. The normalized spacial score (nSPS) is 14.3. The highest BCUT2D eigenvalue weighted by atomic mass is 35.5. The van der Waals surface area contributed by atoms with Crippen molar-refractivity contribution in [3.8, 4) is 23.8 Å². The van der Waals surface area contributed by atoms with Gasteiger partial charge in [-0.2, -0.15) is 10.5 Å². The first-order valence-electron chi connectivity index (χ1n) is 8.55. The van der Waals surface area contributed by atoms with Gasteiger partial charge in [-0.3, -0.25) is 5.32 Å². The van der Waals surface area contributed by atoms with Gasteiger partial charge in [0.1, 0.15) is 35.9 Å². The summed E-state index contributed by atoms with van der Waals surface area (Å²) in [6.45, 7) is 3.88. The zero-order chi connectivity index (χ0) is 21.8. The van der Waals surface area contributed by atoms with Gasteiger partial charge in [-0.1, -0.05) is 24.3 Å². The van der Waals surface area contributed by atoms with E-state index in [1.807, 2.05) is 6.07 Å². The molecule has 6 N–H and O–H groups in total. The number of ether oxygens (including phenoxy) is 2. The summed E-state index contributed by atoms with van der Waals surface area (Å²) in [5, 5.41) is 24.0. The smallest absolute Gasteiger partial charge is 0.211 e. The van der Waals surface area contributed by atoms with E-state index in [2.05, 4.69) is 27.2 Å². The lowest BCUT2D eigenvalue weighted by Gasteiger charge is -2.27. The number of nitrogen functional groups attached to an aromatic ring is 2. The Labute approximate surface area is 177 Å². The number of fused-ring (bicyclic) bond motifs is 1. The number of halogens is 1. The highest BCUT2D eigenvalue weighted by Crippen LogP contribution is 2.45. The van der Waals surface area contributed by atoms with Gasteiger partial charge in [-0.05, 0) is 6.07 Å². The molecule has 1 aliphatic rings. The molecule has 0 saturated carbocycles. The van der Waals surface area contributed by atoms with Crippen LogP contribution in [0.15, 0.2) is 29.8 Å². The van der Waals surface area contributed by atoms with E-state index >= 15 is 0 Å². The second kappa shape index (κ2) is 8.47. The minimum absolute atomic E-state index is 0.0291. The predicted octanol–water partition coefficient (Wildman–Crippen LogP) is 2.29. The number of nitrogens with zero attached hydrogens (tertiary/aromatic N) is 4. The van der Waals surface area contributed by atoms with Crippen LogP contribution in [-0.2, 0) is 0 Å². The van der Waals surface area contributed by atoms with Gasteiger partial charge in [-0.15, -0.1) is 0 Å². The lowest BCUT2D eigenvalue weighted by atomic mass is 9.94. The molecule has 30 heavy (non-hydrogen) atoms. The molecule has 0 radical (unpaired) electrons. The number of hydrogen-bond donors (Lipinski definition) is 4. The number of hydrogen-bond acceptors (Lipinski definition) is 10. The van der Waals surface area contributed by atoms with Crippen molar-refractivity contribution in [3.63, 3.8) is 0 Å². The molecule has 2 aromatic rings.